The van der Waals surface area contributed by atoms with E-state index in [9.17, 15) is 4.79 Å². The van der Waals surface area contributed by atoms with Gasteiger partial charge in [-0.2, -0.15) is 5.16 Å². The number of thiophene rings is 2. The number of isothiocyanates is 1. The molecule has 0 bridgehead atoms. The van der Waals surface area contributed by atoms with Gasteiger partial charge in [0.05, 0.1) is 38.9 Å². The van der Waals surface area contributed by atoms with Gasteiger partial charge in [0.2, 0.25) is 0 Å². The number of carbonyl (C=O) groups is 1. The predicted molar refractivity (Wildman–Crippen MR) is 247 cm³/mol. The molecule has 7 aromatic rings. The number of hydrogen-bond donors (Lipinski definition) is 1. The van der Waals surface area contributed by atoms with Gasteiger partial charge in [0.15, 0.2) is 0 Å². The topological polar surface area (TPSA) is 138 Å². The normalized spacial score (nSPS) is 10.5. The molecule has 0 saturated carbocycles. The Bertz CT molecular complexity index is 2420. The first-order chi connectivity index (χ1) is 28.9. The maximum Gasteiger partial charge on any atom is 2.00 e. The Balaban J connectivity index is 0.000000270. The monoisotopic (exact) mass is 939 g/mol. The summed E-state index contributed by atoms with van der Waals surface area (Å²) in [6, 6.07) is 29.2. The van der Waals surface area contributed by atoms with Gasteiger partial charge in [0.1, 0.15) is 0 Å². The van der Waals surface area contributed by atoms with Crippen LogP contribution in [0.25, 0.3) is 62.3 Å². The number of aromatic nitrogens is 6. The summed E-state index contributed by atoms with van der Waals surface area (Å²) < 4.78 is 0. The van der Waals surface area contributed by atoms with E-state index in [0.29, 0.717) is 11.4 Å². The Labute approximate surface area is 378 Å². The fourth-order valence-electron chi connectivity index (χ4n) is 6.07. The van der Waals surface area contributed by atoms with Crippen molar-refractivity contribution in [2.75, 3.05) is 0 Å². The molecule has 0 atom stereocenters. The van der Waals surface area contributed by atoms with Crippen LogP contribution in [0.15, 0.2) is 110 Å². The zero-order chi connectivity index (χ0) is 41.7. The maximum absolute atomic E-state index is 11.0. The Morgan fingerprint density at radius 1 is 0.700 bits per heavy atom. The molecule has 0 aliphatic heterocycles. The fourth-order valence-corrected chi connectivity index (χ4v) is 8.03. The fraction of sp³-hybridized carbons (Fsp3) is 0.255. The first kappa shape index (κ1) is 47.5. The summed E-state index contributed by atoms with van der Waals surface area (Å²) in [7, 11) is 0. The number of aryl methyl sites for hydroxylation is 2. The Morgan fingerprint density at radius 2 is 1.35 bits per heavy atom. The second-order valence-electron chi connectivity index (χ2n) is 13.6. The first-order valence-corrected chi connectivity index (χ1v) is 21.9. The van der Waals surface area contributed by atoms with Gasteiger partial charge < -0.3 is 20.7 Å². The van der Waals surface area contributed by atoms with Crippen molar-refractivity contribution in [3.05, 3.63) is 141 Å². The van der Waals surface area contributed by atoms with Gasteiger partial charge in [-0.15, -0.1) is 22.7 Å². The van der Waals surface area contributed by atoms with Crippen molar-refractivity contribution in [2.24, 2.45) is 0 Å². The zero-order valence-electron chi connectivity index (χ0n) is 33.7. The van der Waals surface area contributed by atoms with E-state index in [2.05, 4.69) is 105 Å². The van der Waals surface area contributed by atoms with Crippen LogP contribution in [0.3, 0.4) is 0 Å². The smallest absolute Gasteiger partial charge is 0.753 e. The molecule has 13 heteroatoms. The molecule has 308 valence electrons. The summed E-state index contributed by atoms with van der Waals surface area (Å²) in [5.41, 5.74) is 6.56. The van der Waals surface area contributed by atoms with Crippen LogP contribution in [0.2, 0.25) is 0 Å². The molecule has 0 unspecified atom stereocenters. The van der Waals surface area contributed by atoms with Crippen LogP contribution in [0.5, 0.6) is 0 Å². The molecule has 0 spiro atoms. The van der Waals surface area contributed by atoms with Crippen LogP contribution in [-0.2, 0) is 32.3 Å². The van der Waals surface area contributed by atoms with Gasteiger partial charge in [-0.1, -0.05) is 88.5 Å². The van der Waals surface area contributed by atoms with Crippen LogP contribution in [-0.4, -0.2) is 41.3 Å². The molecule has 0 aliphatic rings. The molecule has 0 radical (unpaired) electrons. The molecule has 1 N–H and O–H groups in total. The Hall–Kier alpha value is -5.16. The quantitative estimate of drug-likeness (QED) is 0.0409. The van der Waals surface area contributed by atoms with Crippen LogP contribution < -0.4 is 5.10 Å². The summed E-state index contributed by atoms with van der Waals surface area (Å²) in [4.78, 5) is 33.9. The molecule has 9 nitrogen and oxygen atoms in total. The third-order valence-corrected chi connectivity index (χ3v) is 11.4. The Kier molecular flexibility index (Phi) is 20.7. The molecular formula is C47H47N7O2RuS3. The second-order valence-corrected chi connectivity index (χ2v) is 16.1. The molecule has 7 aromatic heterocycles. The molecule has 0 aromatic carbocycles. The van der Waals surface area contributed by atoms with E-state index in [1.165, 1.54) is 101 Å². The van der Waals surface area contributed by atoms with Crippen LogP contribution in [0.1, 0.15) is 95.8 Å². The maximum atomic E-state index is 11.0. The first-order valence-electron chi connectivity index (χ1n) is 19.8. The SMILES string of the molecule is CCCCCCc1ccc(/C=C/c2ccnc(-c3cc(-c4ccc(CCCCCC)s4)n[n-]3)c2)s1.O=C(O)c1ccnc(-c2cccc(-c3ccccn3)n2)c1.[N-]=C=S.[Ru+2]. The van der Waals surface area contributed by atoms with E-state index in [1.54, 1.807) is 12.3 Å². The van der Waals surface area contributed by atoms with Gasteiger partial charge in [0.25, 0.3) is 0 Å². The standard InChI is InChI=1S/C30H36N3S2.C16H11N3O2.CNS.Ru/c1-3-5-7-9-11-24-15-16-26(34-24)14-13-23-19-20-31-27(21-23)28-22-29(33-32-28)30-18-17-25(35-30)12-10-8-6-4-2;20-16(21)11-7-9-18-15(10-11)14-6-3-5-13(19-14)12-4-1-2-8-17-12;2-1-3;/h13-22H,3-12H2,1-2H3;1-10H,(H,20,21);;/q-1;;-1;+2/b14-13+;;;. The number of aromatic carboxylic acids is 1. The largest absolute Gasteiger partial charge is 2.00 e. The number of nitrogens with zero attached hydrogens (tertiary/aromatic N) is 7. The molecule has 0 saturated heterocycles. The van der Waals surface area contributed by atoms with Gasteiger partial charge in [-0.25, -0.2) is 9.78 Å². The summed E-state index contributed by atoms with van der Waals surface area (Å²) in [6.45, 7) is 4.52. The summed E-state index contributed by atoms with van der Waals surface area (Å²) in [6.07, 6.45) is 22.2. The number of unbranched alkanes of at least 4 members (excludes halogenated alkanes) is 6. The van der Waals surface area contributed by atoms with Gasteiger partial charge >= 0.3 is 25.4 Å². The van der Waals surface area contributed by atoms with Crippen molar-refractivity contribution < 1.29 is 29.4 Å². The van der Waals surface area contributed by atoms with Gasteiger partial charge in [-0.05, 0) is 116 Å². The van der Waals surface area contributed by atoms with Crippen molar-refractivity contribution >= 4 is 58.2 Å². The van der Waals surface area contributed by atoms with Crippen molar-refractivity contribution in [3.8, 4) is 44.7 Å². The van der Waals surface area contributed by atoms with Crippen LogP contribution >= 0.6 is 34.9 Å². The molecule has 0 aliphatic carbocycles. The van der Waals surface area contributed by atoms with Crippen molar-refractivity contribution in [1.29, 1.82) is 0 Å². The number of pyridine rings is 4. The Morgan fingerprint density at radius 3 is 2.05 bits per heavy atom. The number of rotatable bonds is 17. The molecule has 7 heterocycles. The van der Waals surface area contributed by atoms with Crippen molar-refractivity contribution in [2.45, 2.75) is 78.1 Å². The van der Waals surface area contributed by atoms with E-state index in [0.717, 1.165) is 40.5 Å². The minimum absolute atomic E-state index is 0. The van der Waals surface area contributed by atoms with Crippen LogP contribution in [0, 0.1) is 0 Å². The zero-order valence-corrected chi connectivity index (χ0v) is 37.9. The number of hydrogen-bond acceptors (Lipinski definition) is 9. The van der Waals surface area contributed by atoms with E-state index in [4.69, 9.17) is 10.5 Å². The van der Waals surface area contributed by atoms with Crippen molar-refractivity contribution in [1.82, 2.24) is 30.1 Å². The van der Waals surface area contributed by atoms with Crippen LogP contribution in [0.4, 0.5) is 0 Å². The minimum atomic E-state index is -0.987. The predicted octanol–water partition coefficient (Wildman–Crippen LogP) is 12.9. The number of carboxylic acids is 1. The third-order valence-electron chi connectivity index (χ3n) is 9.12. The van der Waals surface area contributed by atoms with Gasteiger partial charge in [-0.3, -0.25) is 15.0 Å². The minimum Gasteiger partial charge on any atom is -0.753 e. The summed E-state index contributed by atoms with van der Waals surface area (Å²) in [5, 5.41) is 26.4. The average Bonchev–Trinajstić information content (AvgIpc) is 4.07. The third kappa shape index (κ3) is 15.1. The van der Waals surface area contributed by atoms with Crippen molar-refractivity contribution in [3.63, 3.8) is 0 Å². The molecule has 0 amide bonds. The summed E-state index contributed by atoms with van der Waals surface area (Å²) in [5.74, 6) is -0.987. The molecule has 0 fully saturated rings. The van der Waals surface area contributed by atoms with Gasteiger partial charge in [0, 0.05) is 38.9 Å². The molecular weight excluding hydrogens is 892 g/mol. The van der Waals surface area contributed by atoms with E-state index in [1.807, 2.05) is 65.3 Å². The summed E-state index contributed by atoms with van der Waals surface area (Å²) >= 11 is 7.43. The van der Waals surface area contributed by atoms with E-state index >= 15 is 0 Å². The molecule has 7 rings (SSSR count). The van der Waals surface area contributed by atoms with E-state index in [-0.39, 0.29) is 25.0 Å². The molecule has 60 heavy (non-hydrogen) atoms. The average molecular weight is 939 g/mol. The second kappa shape index (κ2) is 26.1. The number of carboxylic acid groups (broad SMARTS) is 1. The number of thiocarbonyl (C=S) groups is 1. The van der Waals surface area contributed by atoms with E-state index < -0.39 is 5.97 Å².